The lowest BCUT2D eigenvalue weighted by molar-refractivity contribution is 0.136. The molecule has 0 atom stereocenters. The molecule has 0 spiro atoms. The number of amides is 1. The summed E-state index contributed by atoms with van der Waals surface area (Å²) in [4.78, 5) is 9.98. The summed E-state index contributed by atoms with van der Waals surface area (Å²) >= 11 is 0. The van der Waals surface area contributed by atoms with Gasteiger partial charge in [0.2, 0.25) is 0 Å². The van der Waals surface area contributed by atoms with Crippen molar-refractivity contribution in [3.63, 3.8) is 0 Å². The van der Waals surface area contributed by atoms with E-state index in [1.54, 1.807) is 0 Å². The van der Waals surface area contributed by atoms with Crippen LogP contribution in [0.5, 0.6) is 0 Å². The Balaban J connectivity index is 2.41. The van der Waals surface area contributed by atoms with Crippen LogP contribution in [0.1, 0.15) is 0 Å². The van der Waals surface area contributed by atoms with Crippen LogP contribution in [0.3, 0.4) is 0 Å². The molecule has 0 aliphatic carbocycles. The van der Waals surface area contributed by atoms with Crippen LogP contribution in [-0.2, 0) is 0 Å². The zero-order valence-corrected chi connectivity index (χ0v) is 4.03. The minimum absolute atomic E-state index is 0.329. The van der Waals surface area contributed by atoms with Gasteiger partial charge >= 0.3 is 6.09 Å². The number of rotatable bonds is 0. The van der Waals surface area contributed by atoms with Crippen molar-refractivity contribution in [1.82, 2.24) is 10.5 Å². The van der Waals surface area contributed by atoms with Gasteiger partial charge in [0, 0.05) is 6.21 Å². The number of carboxylic acid groups (broad SMARTS) is 1. The molecular formula is C3H5N3O2. The Bertz CT molecular complexity index is 124. The van der Waals surface area contributed by atoms with Crippen molar-refractivity contribution in [2.45, 2.75) is 0 Å². The van der Waals surface area contributed by atoms with Crippen molar-refractivity contribution in [2.24, 2.45) is 5.10 Å². The predicted molar refractivity (Wildman–Crippen MR) is 26.4 cm³/mol. The van der Waals surface area contributed by atoms with Gasteiger partial charge in [0.25, 0.3) is 0 Å². The summed E-state index contributed by atoms with van der Waals surface area (Å²) < 4.78 is 0. The molecule has 0 aromatic rings. The molecule has 1 amide bonds. The average Bonchev–Trinajstić information content (AvgIpc) is 2.12. The monoisotopic (exact) mass is 115 g/mol. The third kappa shape index (κ3) is 0.699. The number of hydrogen-bond acceptors (Lipinski definition) is 3. The molecule has 0 aromatic carbocycles. The molecule has 1 aliphatic heterocycles. The van der Waals surface area contributed by atoms with Crippen molar-refractivity contribution in [2.75, 3.05) is 6.54 Å². The summed E-state index contributed by atoms with van der Waals surface area (Å²) in [7, 11) is 0. The van der Waals surface area contributed by atoms with Crippen LogP contribution in [0.4, 0.5) is 4.79 Å². The van der Waals surface area contributed by atoms with Gasteiger partial charge in [-0.25, -0.2) is 10.3 Å². The molecule has 0 fully saturated rings. The molecule has 8 heavy (non-hydrogen) atoms. The first-order valence-electron chi connectivity index (χ1n) is 2.08. The maximum Gasteiger partial charge on any atom is 0.427 e. The summed E-state index contributed by atoms with van der Waals surface area (Å²) in [6.45, 7) is 0.329. The summed E-state index contributed by atoms with van der Waals surface area (Å²) in [5, 5.41) is 12.6. The molecule has 1 aliphatic rings. The van der Waals surface area contributed by atoms with Gasteiger partial charge in [-0.15, -0.1) is 0 Å². The molecule has 0 saturated heterocycles. The van der Waals surface area contributed by atoms with Gasteiger partial charge in [-0.3, -0.25) is 0 Å². The zero-order chi connectivity index (χ0) is 5.98. The minimum Gasteiger partial charge on any atom is -0.464 e. The lowest BCUT2D eigenvalue weighted by Gasteiger charge is -2.07. The summed E-state index contributed by atoms with van der Waals surface area (Å²) in [6, 6.07) is 0. The smallest absolute Gasteiger partial charge is 0.427 e. The lowest BCUT2D eigenvalue weighted by atomic mass is 10.7. The predicted octanol–water partition coefficient (Wildman–Crippen LogP) is -0.530. The number of nitrogens with one attached hydrogen (secondary N) is 1. The summed E-state index contributed by atoms with van der Waals surface area (Å²) in [5.74, 6) is 0. The third-order valence-electron chi connectivity index (χ3n) is 0.765. The molecule has 0 unspecified atom stereocenters. The fraction of sp³-hybridized carbons (Fsp3) is 0.333. The Kier molecular flexibility index (Phi) is 1.03. The highest BCUT2D eigenvalue weighted by Gasteiger charge is 2.11. The molecule has 1 rings (SSSR count). The first kappa shape index (κ1) is 4.89. The number of nitrogens with zero attached hydrogens (tertiary/aromatic N) is 2. The van der Waals surface area contributed by atoms with E-state index in [0.717, 1.165) is 5.01 Å². The van der Waals surface area contributed by atoms with Crippen LogP contribution in [0, 0.1) is 0 Å². The van der Waals surface area contributed by atoms with Crippen LogP contribution in [0.2, 0.25) is 0 Å². The molecule has 0 bridgehead atoms. The van der Waals surface area contributed by atoms with Gasteiger partial charge in [0.1, 0.15) is 0 Å². The molecule has 0 aromatic heterocycles. The van der Waals surface area contributed by atoms with E-state index >= 15 is 0 Å². The molecule has 0 saturated carbocycles. The van der Waals surface area contributed by atoms with Crippen molar-refractivity contribution < 1.29 is 9.90 Å². The Labute approximate surface area is 45.6 Å². The summed E-state index contributed by atoms with van der Waals surface area (Å²) in [6.07, 6.45) is 0.469. The largest absolute Gasteiger partial charge is 0.464 e. The number of hydrogen-bond donors (Lipinski definition) is 2. The van der Waals surface area contributed by atoms with E-state index in [1.165, 1.54) is 6.21 Å². The SMILES string of the molecule is O=C(O)N1CC=NN1. The average molecular weight is 115 g/mol. The topological polar surface area (TPSA) is 64.9 Å². The normalized spacial score (nSPS) is 16.2. The fourth-order valence-corrected chi connectivity index (χ4v) is 0.395. The van der Waals surface area contributed by atoms with E-state index in [2.05, 4.69) is 10.6 Å². The lowest BCUT2D eigenvalue weighted by Crippen LogP contribution is -2.35. The molecule has 2 N–H and O–H groups in total. The second-order valence-electron chi connectivity index (χ2n) is 1.30. The summed E-state index contributed by atoms with van der Waals surface area (Å²) in [5.41, 5.74) is 2.26. The van der Waals surface area contributed by atoms with E-state index in [9.17, 15) is 4.79 Å². The van der Waals surface area contributed by atoms with Gasteiger partial charge in [0.05, 0.1) is 6.54 Å². The quantitative estimate of drug-likeness (QED) is 0.446. The number of hydrazone groups is 1. The van der Waals surface area contributed by atoms with Crippen LogP contribution >= 0.6 is 0 Å². The fourth-order valence-electron chi connectivity index (χ4n) is 0.395. The van der Waals surface area contributed by atoms with Crippen LogP contribution in [0.25, 0.3) is 0 Å². The van der Waals surface area contributed by atoms with Gasteiger partial charge in [-0.05, 0) is 0 Å². The van der Waals surface area contributed by atoms with Crippen molar-refractivity contribution in [3.8, 4) is 0 Å². The zero-order valence-electron chi connectivity index (χ0n) is 4.03. The van der Waals surface area contributed by atoms with Crippen molar-refractivity contribution in [3.05, 3.63) is 0 Å². The maximum atomic E-state index is 9.98. The van der Waals surface area contributed by atoms with Crippen molar-refractivity contribution in [1.29, 1.82) is 0 Å². The van der Waals surface area contributed by atoms with Crippen molar-refractivity contribution >= 4 is 12.3 Å². The third-order valence-corrected chi connectivity index (χ3v) is 0.765. The minimum atomic E-state index is -1.01. The van der Waals surface area contributed by atoms with Gasteiger partial charge in [-0.1, -0.05) is 0 Å². The number of hydrazine groups is 1. The standard InChI is InChI=1S/C3H5N3O2/c7-3(8)6-2-1-4-5-6/h1,5H,2H2,(H,7,8). The van der Waals surface area contributed by atoms with E-state index in [1.807, 2.05) is 0 Å². The van der Waals surface area contributed by atoms with E-state index in [4.69, 9.17) is 5.11 Å². The van der Waals surface area contributed by atoms with Gasteiger partial charge < -0.3 is 5.11 Å². The second kappa shape index (κ2) is 1.69. The van der Waals surface area contributed by atoms with E-state index in [0.29, 0.717) is 6.54 Å². The highest BCUT2D eigenvalue weighted by atomic mass is 16.4. The van der Waals surface area contributed by atoms with Gasteiger partial charge in [-0.2, -0.15) is 10.1 Å². The molecule has 1 heterocycles. The van der Waals surface area contributed by atoms with E-state index in [-0.39, 0.29) is 0 Å². The Hall–Kier alpha value is -1.26. The van der Waals surface area contributed by atoms with Crippen LogP contribution in [-0.4, -0.2) is 29.0 Å². The molecule has 5 heteroatoms. The Morgan fingerprint density at radius 1 is 2.00 bits per heavy atom. The first-order valence-corrected chi connectivity index (χ1v) is 2.08. The van der Waals surface area contributed by atoms with E-state index < -0.39 is 6.09 Å². The van der Waals surface area contributed by atoms with Gasteiger partial charge in [0.15, 0.2) is 0 Å². The molecule has 44 valence electrons. The molecular weight excluding hydrogens is 110 g/mol. The highest BCUT2D eigenvalue weighted by Crippen LogP contribution is 1.85. The number of carbonyl (C=O) groups is 1. The highest BCUT2D eigenvalue weighted by molar-refractivity contribution is 5.72. The van der Waals surface area contributed by atoms with Crippen LogP contribution in [0.15, 0.2) is 5.10 Å². The Morgan fingerprint density at radius 3 is 3.00 bits per heavy atom. The molecule has 5 nitrogen and oxygen atoms in total. The van der Waals surface area contributed by atoms with Crippen LogP contribution < -0.4 is 5.53 Å². The Morgan fingerprint density at radius 2 is 2.75 bits per heavy atom. The maximum absolute atomic E-state index is 9.98. The second-order valence-corrected chi connectivity index (χ2v) is 1.30. The molecule has 0 radical (unpaired) electrons. The first-order chi connectivity index (χ1) is 3.80.